The molecule has 0 saturated carbocycles. The Balaban J connectivity index is 2.02. The highest BCUT2D eigenvalue weighted by Crippen LogP contribution is 2.13. The average molecular weight is 221 g/mol. The summed E-state index contributed by atoms with van der Waals surface area (Å²) in [5.74, 6) is 1.05. The van der Waals surface area contributed by atoms with Crippen molar-refractivity contribution in [1.82, 2.24) is 9.97 Å². The predicted octanol–water partition coefficient (Wildman–Crippen LogP) is 1.66. The van der Waals surface area contributed by atoms with Gasteiger partial charge in [0.2, 0.25) is 0 Å². The van der Waals surface area contributed by atoms with Gasteiger partial charge in [0.05, 0.1) is 13.2 Å². The molecule has 4 heteroatoms. The summed E-state index contributed by atoms with van der Waals surface area (Å²) in [6.45, 7) is 5.67. The van der Waals surface area contributed by atoms with Gasteiger partial charge in [-0.2, -0.15) is 0 Å². The second-order valence-corrected chi connectivity index (χ2v) is 4.07. The minimum absolute atomic E-state index is 0.800. The Bertz CT molecular complexity index is 324. The van der Waals surface area contributed by atoms with Gasteiger partial charge in [0.15, 0.2) is 0 Å². The molecule has 0 spiro atoms. The number of aryl methyl sites for hydroxylation is 1. The summed E-state index contributed by atoms with van der Waals surface area (Å²) in [5, 5.41) is 0. The van der Waals surface area contributed by atoms with E-state index < -0.39 is 0 Å². The van der Waals surface area contributed by atoms with Gasteiger partial charge in [-0.3, -0.25) is 0 Å². The van der Waals surface area contributed by atoms with Crippen LogP contribution in [0.1, 0.15) is 25.5 Å². The van der Waals surface area contributed by atoms with E-state index in [1.165, 1.54) is 12.8 Å². The monoisotopic (exact) mass is 221 g/mol. The minimum Gasteiger partial charge on any atom is -0.378 e. The highest BCUT2D eigenvalue weighted by Gasteiger charge is 2.12. The molecule has 1 aromatic rings. The Morgan fingerprint density at radius 2 is 2.12 bits per heavy atom. The van der Waals surface area contributed by atoms with Gasteiger partial charge in [-0.1, -0.05) is 13.3 Å². The van der Waals surface area contributed by atoms with Gasteiger partial charge in [-0.15, -0.1) is 0 Å². The molecule has 0 N–H and O–H groups in total. The lowest BCUT2D eigenvalue weighted by molar-refractivity contribution is 0.122. The molecule has 0 amide bonds. The van der Waals surface area contributed by atoms with Crippen molar-refractivity contribution in [2.75, 3.05) is 31.2 Å². The first-order valence-electron chi connectivity index (χ1n) is 6.04. The van der Waals surface area contributed by atoms with Crippen molar-refractivity contribution in [1.29, 1.82) is 0 Å². The van der Waals surface area contributed by atoms with E-state index in [4.69, 9.17) is 4.74 Å². The van der Waals surface area contributed by atoms with Crippen molar-refractivity contribution in [3.8, 4) is 0 Å². The van der Waals surface area contributed by atoms with Crippen molar-refractivity contribution >= 4 is 5.82 Å². The molecular formula is C12H19N3O. The number of aromatic nitrogens is 2. The smallest absolute Gasteiger partial charge is 0.132 e. The van der Waals surface area contributed by atoms with E-state index in [1.807, 2.05) is 0 Å². The van der Waals surface area contributed by atoms with Crippen LogP contribution in [0.5, 0.6) is 0 Å². The van der Waals surface area contributed by atoms with E-state index in [1.54, 1.807) is 6.33 Å². The molecule has 0 bridgehead atoms. The Hall–Kier alpha value is -1.16. The second-order valence-electron chi connectivity index (χ2n) is 4.07. The summed E-state index contributed by atoms with van der Waals surface area (Å²) in [6.07, 6.45) is 5.13. The molecule has 0 atom stereocenters. The summed E-state index contributed by atoms with van der Waals surface area (Å²) in [6, 6.07) is 2.11. The molecule has 1 fully saturated rings. The minimum atomic E-state index is 0.800. The fraction of sp³-hybridized carbons (Fsp3) is 0.667. The summed E-state index contributed by atoms with van der Waals surface area (Å²) in [4.78, 5) is 10.9. The Kier molecular flexibility index (Phi) is 4.10. The van der Waals surface area contributed by atoms with Crippen molar-refractivity contribution in [3.05, 3.63) is 18.1 Å². The lowest BCUT2D eigenvalue weighted by atomic mass is 10.2. The first-order chi connectivity index (χ1) is 7.90. The van der Waals surface area contributed by atoms with E-state index in [2.05, 4.69) is 27.9 Å². The van der Waals surface area contributed by atoms with E-state index in [-0.39, 0.29) is 0 Å². The Morgan fingerprint density at radius 3 is 2.88 bits per heavy atom. The molecule has 16 heavy (non-hydrogen) atoms. The molecule has 1 aliphatic rings. The first-order valence-corrected chi connectivity index (χ1v) is 6.04. The molecule has 1 aliphatic heterocycles. The largest absolute Gasteiger partial charge is 0.378 e. The van der Waals surface area contributed by atoms with E-state index >= 15 is 0 Å². The highest BCUT2D eigenvalue weighted by atomic mass is 16.5. The molecule has 0 aliphatic carbocycles. The maximum atomic E-state index is 5.33. The molecule has 4 nitrogen and oxygen atoms in total. The molecule has 1 aromatic heterocycles. The third kappa shape index (κ3) is 2.92. The SMILES string of the molecule is CCCCc1cc(N2CCOCC2)ncn1. The number of anilines is 1. The molecule has 2 rings (SSSR count). The van der Waals surface area contributed by atoms with Crippen LogP contribution in [0.25, 0.3) is 0 Å². The predicted molar refractivity (Wildman–Crippen MR) is 63.7 cm³/mol. The van der Waals surface area contributed by atoms with Crippen molar-refractivity contribution in [2.24, 2.45) is 0 Å². The fourth-order valence-corrected chi connectivity index (χ4v) is 1.85. The molecule has 0 unspecified atom stereocenters. The maximum Gasteiger partial charge on any atom is 0.132 e. The topological polar surface area (TPSA) is 38.2 Å². The van der Waals surface area contributed by atoms with Crippen LogP contribution in [0, 0.1) is 0 Å². The highest BCUT2D eigenvalue weighted by molar-refractivity contribution is 5.39. The maximum absolute atomic E-state index is 5.33. The summed E-state index contributed by atoms with van der Waals surface area (Å²) >= 11 is 0. The zero-order valence-electron chi connectivity index (χ0n) is 9.85. The zero-order chi connectivity index (χ0) is 11.2. The van der Waals surface area contributed by atoms with Gasteiger partial charge < -0.3 is 9.64 Å². The zero-order valence-corrected chi connectivity index (χ0v) is 9.85. The Morgan fingerprint density at radius 1 is 1.31 bits per heavy atom. The molecule has 0 radical (unpaired) electrons. The van der Waals surface area contributed by atoms with E-state index in [0.717, 1.165) is 44.2 Å². The van der Waals surface area contributed by atoms with Gasteiger partial charge in [-0.25, -0.2) is 9.97 Å². The number of rotatable bonds is 4. The van der Waals surface area contributed by atoms with Gasteiger partial charge in [0.25, 0.3) is 0 Å². The quantitative estimate of drug-likeness (QED) is 0.775. The van der Waals surface area contributed by atoms with Crippen molar-refractivity contribution in [2.45, 2.75) is 26.2 Å². The fourth-order valence-electron chi connectivity index (χ4n) is 1.85. The summed E-state index contributed by atoms with van der Waals surface area (Å²) in [5.41, 5.74) is 1.15. The number of unbranched alkanes of at least 4 members (excludes halogenated alkanes) is 1. The normalized spacial score (nSPS) is 16.4. The van der Waals surface area contributed by atoms with Gasteiger partial charge in [0.1, 0.15) is 12.1 Å². The number of morpholine rings is 1. The average Bonchev–Trinajstić information content (AvgIpc) is 2.38. The lowest BCUT2D eigenvalue weighted by Gasteiger charge is -2.27. The van der Waals surface area contributed by atoms with Gasteiger partial charge in [-0.05, 0) is 12.8 Å². The van der Waals surface area contributed by atoms with Gasteiger partial charge in [0, 0.05) is 24.8 Å². The second kappa shape index (κ2) is 5.80. The van der Waals surface area contributed by atoms with Crippen LogP contribution < -0.4 is 4.90 Å². The molecular weight excluding hydrogens is 202 g/mol. The van der Waals surface area contributed by atoms with E-state index in [9.17, 15) is 0 Å². The number of ether oxygens (including phenoxy) is 1. The summed E-state index contributed by atoms with van der Waals surface area (Å²) < 4.78 is 5.33. The molecule has 1 saturated heterocycles. The van der Waals surface area contributed by atoms with Crippen LogP contribution in [0.4, 0.5) is 5.82 Å². The Labute approximate surface area is 96.7 Å². The van der Waals surface area contributed by atoms with Crippen LogP contribution in [0.3, 0.4) is 0 Å². The van der Waals surface area contributed by atoms with Crippen molar-refractivity contribution in [3.63, 3.8) is 0 Å². The van der Waals surface area contributed by atoms with Gasteiger partial charge >= 0.3 is 0 Å². The number of nitrogens with zero attached hydrogens (tertiary/aromatic N) is 3. The van der Waals surface area contributed by atoms with Crippen LogP contribution >= 0.6 is 0 Å². The standard InChI is InChI=1S/C12H19N3O/c1-2-3-4-11-9-12(14-10-13-11)15-5-7-16-8-6-15/h9-10H,2-8H2,1H3. The van der Waals surface area contributed by atoms with Crippen molar-refractivity contribution < 1.29 is 4.74 Å². The van der Waals surface area contributed by atoms with Crippen LogP contribution in [0.2, 0.25) is 0 Å². The van der Waals surface area contributed by atoms with Crippen LogP contribution in [-0.4, -0.2) is 36.3 Å². The molecule has 2 heterocycles. The molecule has 88 valence electrons. The van der Waals surface area contributed by atoms with E-state index in [0.29, 0.717) is 0 Å². The van der Waals surface area contributed by atoms with Crippen LogP contribution in [0.15, 0.2) is 12.4 Å². The molecule has 0 aromatic carbocycles. The third-order valence-electron chi connectivity index (χ3n) is 2.83. The lowest BCUT2D eigenvalue weighted by Crippen LogP contribution is -2.36. The first kappa shape index (κ1) is 11.3. The van der Waals surface area contributed by atoms with Crippen LogP contribution in [-0.2, 0) is 11.2 Å². The summed E-state index contributed by atoms with van der Waals surface area (Å²) in [7, 11) is 0. The third-order valence-corrected chi connectivity index (χ3v) is 2.83. The number of hydrogen-bond acceptors (Lipinski definition) is 4. The number of hydrogen-bond donors (Lipinski definition) is 0.